The predicted octanol–water partition coefficient (Wildman–Crippen LogP) is 2.44. The van der Waals surface area contributed by atoms with E-state index in [0.29, 0.717) is 0 Å². The number of nitrogens with zero attached hydrogens (tertiary/aromatic N) is 1. The van der Waals surface area contributed by atoms with Crippen LogP contribution in [0.4, 0.5) is 9.18 Å². The molecule has 1 aliphatic heterocycles. The van der Waals surface area contributed by atoms with Crippen molar-refractivity contribution in [2.75, 3.05) is 24.6 Å². The molecule has 1 heterocycles. The molecule has 2 unspecified atom stereocenters. The van der Waals surface area contributed by atoms with Crippen molar-refractivity contribution < 1.29 is 9.18 Å². The summed E-state index contributed by atoms with van der Waals surface area (Å²) in [6.07, 6.45) is 0.914. The second-order valence-electron chi connectivity index (χ2n) is 5.05. The van der Waals surface area contributed by atoms with Crippen molar-refractivity contribution in [3.63, 3.8) is 0 Å². The molecule has 1 aromatic rings. The van der Waals surface area contributed by atoms with Gasteiger partial charge in [0.15, 0.2) is 0 Å². The number of benzene rings is 1. The Morgan fingerprint density at radius 2 is 2.16 bits per heavy atom. The molecule has 2 aliphatic rings. The minimum absolute atomic E-state index is 0.0317. The first-order valence-corrected chi connectivity index (χ1v) is 7.78. The number of nitrogens with one attached hydrogen (secondary N) is 1. The number of carbonyl (C=O) groups is 1. The zero-order chi connectivity index (χ0) is 13.2. The highest BCUT2D eigenvalue weighted by molar-refractivity contribution is 7.99. The Labute approximate surface area is 116 Å². The van der Waals surface area contributed by atoms with E-state index >= 15 is 0 Å². The Bertz CT molecular complexity index is 476. The molecule has 0 aromatic heterocycles. The summed E-state index contributed by atoms with van der Waals surface area (Å²) >= 11 is 1.89. The Morgan fingerprint density at radius 1 is 1.37 bits per heavy atom. The third-order valence-corrected chi connectivity index (χ3v) is 4.62. The first-order valence-electron chi connectivity index (χ1n) is 6.63. The number of halogens is 1. The van der Waals surface area contributed by atoms with Crippen LogP contribution in [0.25, 0.3) is 0 Å². The van der Waals surface area contributed by atoms with Gasteiger partial charge in [-0.25, -0.2) is 9.18 Å². The van der Waals surface area contributed by atoms with E-state index in [1.165, 1.54) is 6.07 Å². The van der Waals surface area contributed by atoms with Gasteiger partial charge in [0, 0.05) is 36.6 Å². The number of hydrogen-bond donors (Lipinski definition) is 1. The third-order valence-electron chi connectivity index (χ3n) is 3.67. The normalized spacial score (nSPS) is 26.1. The lowest BCUT2D eigenvalue weighted by Crippen LogP contribution is -2.45. The summed E-state index contributed by atoms with van der Waals surface area (Å²) in [7, 11) is 0. The van der Waals surface area contributed by atoms with Crippen molar-refractivity contribution >= 4 is 17.8 Å². The number of urea groups is 1. The molecule has 2 atom stereocenters. The van der Waals surface area contributed by atoms with Crippen molar-refractivity contribution in [3.8, 4) is 0 Å². The van der Waals surface area contributed by atoms with Gasteiger partial charge >= 0.3 is 6.03 Å². The van der Waals surface area contributed by atoms with Gasteiger partial charge in [-0.3, -0.25) is 0 Å². The van der Waals surface area contributed by atoms with Crippen LogP contribution < -0.4 is 5.32 Å². The maximum absolute atomic E-state index is 13.1. The molecular weight excluding hydrogens is 263 g/mol. The summed E-state index contributed by atoms with van der Waals surface area (Å²) in [5, 5.41) is 3.05. The Hall–Kier alpha value is -1.23. The van der Waals surface area contributed by atoms with Crippen molar-refractivity contribution in [3.05, 3.63) is 35.6 Å². The monoisotopic (exact) mass is 280 g/mol. The number of hydrogen-bond acceptors (Lipinski definition) is 2. The van der Waals surface area contributed by atoms with Gasteiger partial charge in [-0.2, -0.15) is 11.8 Å². The van der Waals surface area contributed by atoms with Crippen molar-refractivity contribution in [2.24, 2.45) is 0 Å². The lowest BCUT2D eigenvalue weighted by molar-refractivity contribution is 0.202. The van der Waals surface area contributed by atoms with Gasteiger partial charge in [0.25, 0.3) is 0 Å². The van der Waals surface area contributed by atoms with E-state index in [4.69, 9.17) is 0 Å². The number of amides is 2. The predicted molar refractivity (Wildman–Crippen MR) is 75.0 cm³/mol. The van der Waals surface area contributed by atoms with Gasteiger partial charge in [0.1, 0.15) is 5.82 Å². The standard InChI is InChI=1S/C14H17FN2OS/c15-11-3-1-2-10(8-11)12-9-13(12)16-14(18)17-4-6-19-7-5-17/h1-3,8,12-13H,4-7,9H2,(H,16,18). The van der Waals surface area contributed by atoms with E-state index in [9.17, 15) is 9.18 Å². The Morgan fingerprint density at radius 3 is 2.89 bits per heavy atom. The molecule has 2 amide bonds. The lowest BCUT2D eigenvalue weighted by atomic mass is 10.1. The molecule has 2 fully saturated rings. The first kappa shape index (κ1) is 12.8. The molecule has 5 heteroatoms. The summed E-state index contributed by atoms with van der Waals surface area (Å²) in [5.41, 5.74) is 0.986. The fourth-order valence-corrected chi connectivity index (χ4v) is 3.38. The smallest absolute Gasteiger partial charge is 0.317 e. The molecule has 102 valence electrons. The fourth-order valence-electron chi connectivity index (χ4n) is 2.48. The molecule has 3 nitrogen and oxygen atoms in total. The SMILES string of the molecule is O=C(NC1CC1c1cccc(F)c1)N1CCSCC1. The van der Waals surface area contributed by atoms with E-state index in [0.717, 1.165) is 36.6 Å². The largest absolute Gasteiger partial charge is 0.335 e. The first-order chi connectivity index (χ1) is 9.24. The van der Waals surface area contributed by atoms with E-state index in [2.05, 4.69) is 5.32 Å². The summed E-state index contributed by atoms with van der Waals surface area (Å²) in [5.74, 6) is 2.11. The van der Waals surface area contributed by atoms with Crippen LogP contribution in [-0.2, 0) is 0 Å². The maximum Gasteiger partial charge on any atom is 0.317 e. The molecule has 1 saturated heterocycles. The van der Waals surface area contributed by atoms with Gasteiger partial charge in [-0.05, 0) is 24.1 Å². The highest BCUT2D eigenvalue weighted by Gasteiger charge is 2.40. The fraction of sp³-hybridized carbons (Fsp3) is 0.500. The number of carbonyl (C=O) groups excluding carboxylic acids is 1. The van der Waals surface area contributed by atoms with Crippen LogP contribution in [0.3, 0.4) is 0 Å². The molecule has 19 heavy (non-hydrogen) atoms. The zero-order valence-electron chi connectivity index (χ0n) is 10.6. The summed E-state index contributed by atoms with van der Waals surface area (Å²) in [6.45, 7) is 1.65. The van der Waals surface area contributed by atoms with Crippen LogP contribution >= 0.6 is 11.8 Å². The van der Waals surface area contributed by atoms with Gasteiger partial charge in [0.05, 0.1) is 0 Å². The van der Waals surface area contributed by atoms with Crippen LogP contribution in [0.1, 0.15) is 17.9 Å². The lowest BCUT2D eigenvalue weighted by Gasteiger charge is -2.26. The average Bonchev–Trinajstić information content (AvgIpc) is 3.19. The summed E-state index contributed by atoms with van der Waals surface area (Å²) < 4.78 is 13.1. The van der Waals surface area contributed by atoms with Gasteiger partial charge < -0.3 is 10.2 Å². The molecule has 0 bridgehead atoms. The van der Waals surface area contributed by atoms with Crippen molar-refractivity contribution in [1.29, 1.82) is 0 Å². The van der Waals surface area contributed by atoms with Crippen molar-refractivity contribution in [2.45, 2.75) is 18.4 Å². The summed E-state index contributed by atoms with van der Waals surface area (Å²) in [6, 6.07) is 6.87. The van der Waals surface area contributed by atoms with E-state index in [1.54, 1.807) is 12.1 Å². The zero-order valence-corrected chi connectivity index (χ0v) is 11.5. The quantitative estimate of drug-likeness (QED) is 0.902. The Kier molecular flexibility index (Phi) is 3.64. The molecule has 0 radical (unpaired) electrons. The van der Waals surface area contributed by atoms with E-state index in [1.807, 2.05) is 22.7 Å². The third kappa shape index (κ3) is 3.03. The average molecular weight is 280 g/mol. The summed E-state index contributed by atoms with van der Waals surface area (Å²) in [4.78, 5) is 13.9. The van der Waals surface area contributed by atoms with Crippen LogP contribution in [0, 0.1) is 5.82 Å². The van der Waals surface area contributed by atoms with Gasteiger partial charge in [-0.1, -0.05) is 12.1 Å². The topological polar surface area (TPSA) is 32.3 Å². The molecule has 1 N–H and O–H groups in total. The maximum atomic E-state index is 13.1. The highest BCUT2D eigenvalue weighted by Crippen LogP contribution is 2.41. The van der Waals surface area contributed by atoms with E-state index in [-0.39, 0.29) is 23.8 Å². The molecular formula is C14H17FN2OS. The second kappa shape index (κ2) is 5.41. The highest BCUT2D eigenvalue weighted by atomic mass is 32.2. The van der Waals surface area contributed by atoms with Gasteiger partial charge in [-0.15, -0.1) is 0 Å². The minimum atomic E-state index is -0.206. The number of rotatable bonds is 2. The number of thioether (sulfide) groups is 1. The van der Waals surface area contributed by atoms with Crippen LogP contribution in [0.2, 0.25) is 0 Å². The van der Waals surface area contributed by atoms with Crippen LogP contribution in [0.15, 0.2) is 24.3 Å². The van der Waals surface area contributed by atoms with E-state index < -0.39 is 0 Å². The van der Waals surface area contributed by atoms with Crippen molar-refractivity contribution in [1.82, 2.24) is 10.2 Å². The van der Waals surface area contributed by atoms with Crippen LogP contribution in [-0.4, -0.2) is 41.6 Å². The molecule has 0 spiro atoms. The Balaban J connectivity index is 1.54. The molecule has 1 aliphatic carbocycles. The van der Waals surface area contributed by atoms with Crippen LogP contribution in [0.5, 0.6) is 0 Å². The molecule has 1 saturated carbocycles. The molecule has 3 rings (SSSR count). The van der Waals surface area contributed by atoms with Gasteiger partial charge in [0.2, 0.25) is 0 Å². The minimum Gasteiger partial charge on any atom is -0.335 e. The second-order valence-corrected chi connectivity index (χ2v) is 6.28. The molecule has 1 aromatic carbocycles.